The summed E-state index contributed by atoms with van der Waals surface area (Å²) in [6.07, 6.45) is 1.31. The zero-order chi connectivity index (χ0) is 13.8. The van der Waals surface area contributed by atoms with E-state index in [0.717, 1.165) is 11.5 Å². The van der Waals surface area contributed by atoms with E-state index >= 15 is 0 Å². The van der Waals surface area contributed by atoms with Gasteiger partial charge in [-0.05, 0) is 23.7 Å². The molecule has 0 radical (unpaired) electrons. The number of hydrogen-bond acceptors (Lipinski definition) is 6. The third-order valence-electron chi connectivity index (χ3n) is 2.29. The Balaban J connectivity index is 2.32. The van der Waals surface area contributed by atoms with Crippen LogP contribution < -0.4 is 10.1 Å². The van der Waals surface area contributed by atoms with E-state index in [9.17, 15) is 9.59 Å². The first-order valence-electron chi connectivity index (χ1n) is 5.12. The van der Waals surface area contributed by atoms with Crippen molar-refractivity contribution in [2.24, 2.45) is 0 Å². The number of carboxylic acid groups (broad SMARTS) is 1. The molecule has 2 rings (SSSR count). The highest BCUT2D eigenvalue weighted by Gasteiger charge is 2.15. The largest absolute Gasteiger partial charge is 0.497 e. The predicted molar refractivity (Wildman–Crippen MR) is 67.8 cm³/mol. The minimum Gasteiger partial charge on any atom is -0.497 e. The minimum atomic E-state index is -1.14. The summed E-state index contributed by atoms with van der Waals surface area (Å²) < 4.78 is 8.56. The van der Waals surface area contributed by atoms with Crippen LogP contribution >= 0.6 is 11.5 Å². The molecule has 0 spiro atoms. The van der Waals surface area contributed by atoms with Gasteiger partial charge in [-0.1, -0.05) is 4.49 Å². The van der Waals surface area contributed by atoms with Crippen LogP contribution in [-0.4, -0.2) is 33.7 Å². The lowest BCUT2D eigenvalue weighted by molar-refractivity contribution is 0.0698. The number of hydrogen-bond donors (Lipinski definition) is 2. The van der Waals surface area contributed by atoms with E-state index in [2.05, 4.69) is 14.9 Å². The van der Waals surface area contributed by atoms with Crippen molar-refractivity contribution >= 4 is 29.1 Å². The van der Waals surface area contributed by atoms with Gasteiger partial charge >= 0.3 is 5.97 Å². The number of aromatic nitrogens is 2. The molecule has 19 heavy (non-hydrogen) atoms. The molecule has 0 saturated carbocycles. The van der Waals surface area contributed by atoms with Crippen LogP contribution in [0.2, 0.25) is 0 Å². The third kappa shape index (κ3) is 2.86. The molecular weight excluding hydrogens is 270 g/mol. The molecule has 1 heterocycles. The van der Waals surface area contributed by atoms with E-state index in [1.54, 1.807) is 0 Å². The topological polar surface area (TPSA) is 101 Å². The quantitative estimate of drug-likeness (QED) is 0.879. The van der Waals surface area contributed by atoms with Crippen LogP contribution in [0.15, 0.2) is 24.4 Å². The number of benzene rings is 1. The molecule has 1 aromatic heterocycles. The summed E-state index contributed by atoms with van der Waals surface area (Å²) in [6, 6.07) is 4.31. The van der Waals surface area contributed by atoms with Gasteiger partial charge in [-0.3, -0.25) is 4.79 Å². The first-order valence-corrected chi connectivity index (χ1v) is 5.89. The van der Waals surface area contributed by atoms with Crippen LogP contribution in [0, 0.1) is 0 Å². The number of nitrogens with zero attached hydrogens (tertiary/aromatic N) is 2. The predicted octanol–water partition coefficient (Wildman–Crippen LogP) is 1.50. The SMILES string of the molecule is COc1ccc(C(=O)O)c(NC(=O)c2cnns2)c1. The number of methoxy groups -OCH3 is 1. The van der Waals surface area contributed by atoms with Gasteiger partial charge in [0.15, 0.2) is 0 Å². The molecule has 98 valence electrons. The molecule has 0 fully saturated rings. The molecule has 7 nitrogen and oxygen atoms in total. The highest BCUT2D eigenvalue weighted by Crippen LogP contribution is 2.23. The monoisotopic (exact) mass is 279 g/mol. The molecule has 0 saturated heterocycles. The fourth-order valence-corrected chi connectivity index (χ4v) is 1.80. The molecule has 2 N–H and O–H groups in total. The van der Waals surface area contributed by atoms with E-state index < -0.39 is 11.9 Å². The first-order chi connectivity index (χ1) is 9.11. The van der Waals surface area contributed by atoms with Crippen molar-refractivity contribution in [3.05, 3.63) is 34.8 Å². The molecule has 0 unspecified atom stereocenters. The number of anilines is 1. The standard InChI is InChI=1S/C11H9N3O4S/c1-18-6-2-3-7(11(16)17)8(4-6)13-10(15)9-5-12-14-19-9/h2-5H,1H3,(H,13,15)(H,16,17). The minimum absolute atomic E-state index is 0.0216. The lowest BCUT2D eigenvalue weighted by atomic mass is 10.1. The highest BCUT2D eigenvalue weighted by atomic mass is 32.1. The maximum atomic E-state index is 11.8. The second-order valence-corrected chi connectivity index (χ2v) is 4.24. The number of aromatic carboxylic acids is 1. The van der Waals surface area contributed by atoms with Crippen molar-refractivity contribution in [2.45, 2.75) is 0 Å². The van der Waals surface area contributed by atoms with Gasteiger partial charge < -0.3 is 15.2 Å². The molecule has 8 heteroatoms. The van der Waals surface area contributed by atoms with Crippen LogP contribution in [0.1, 0.15) is 20.0 Å². The van der Waals surface area contributed by atoms with Crippen molar-refractivity contribution in [1.29, 1.82) is 0 Å². The fraction of sp³-hybridized carbons (Fsp3) is 0.0909. The summed E-state index contributed by atoms with van der Waals surface area (Å²) in [6.45, 7) is 0. The van der Waals surface area contributed by atoms with E-state index in [1.807, 2.05) is 0 Å². The van der Waals surface area contributed by atoms with Crippen LogP contribution in [-0.2, 0) is 0 Å². The van der Waals surface area contributed by atoms with Crippen LogP contribution in [0.3, 0.4) is 0 Å². The number of carbonyl (C=O) groups excluding carboxylic acids is 1. The van der Waals surface area contributed by atoms with E-state index in [-0.39, 0.29) is 11.3 Å². The van der Waals surface area contributed by atoms with Gasteiger partial charge in [-0.25, -0.2) is 4.79 Å². The Bertz CT molecular complexity index is 612. The number of carbonyl (C=O) groups is 2. The lowest BCUT2D eigenvalue weighted by Gasteiger charge is -2.09. The number of ether oxygens (including phenoxy) is 1. The van der Waals surface area contributed by atoms with Gasteiger partial charge in [0, 0.05) is 6.07 Å². The smallest absolute Gasteiger partial charge is 0.337 e. The molecule has 1 aromatic carbocycles. The summed E-state index contributed by atoms with van der Waals surface area (Å²) in [4.78, 5) is 23.2. The van der Waals surface area contributed by atoms with Gasteiger partial charge in [-0.2, -0.15) is 0 Å². The molecule has 0 aliphatic carbocycles. The van der Waals surface area contributed by atoms with E-state index in [1.165, 1.54) is 31.5 Å². The zero-order valence-electron chi connectivity index (χ0n) is 9.78. The Hall–Kier alpha value is -2.48. The Labute approximate surface area is 112 Å². The summed E-state index contributed by atoms with van der Waals surface area (Å²) in [5.41, 5.74) is 0.136. The molecule has 2 aromatic rings. The summed E-state index contributed by atoms with van der Waals surface area (Å²) in [5, 5.41) is 15.1. The summed E-state index contributed by atoms with van der Waals surface area (Å²) in [5.74, 6) is -1.16. The Morgan fingerprint density at radius 3 is 2.79 bits per heavy atom. The molecule has 0 aliphatic heterocycles. The van der Waals surface area contributed by atoms with Gasteiger partial charge in [0.05, 0.1) is 24.6 Å². The third-order valence-corrected chi connectivity index (χ3v) is 2.95. The maximum absolute atomic E-state index is 11.8. The summed E-state index contributed by atoms with van der Waals surface area (Å²) in [7, 11) is 1.45. The number of amides is 1. The second kappa shape index (κ2) is 5.44. The van der Waals surface area contributed by atoms with Crippen LogP contribution in [0.25, 0.3) is 0 Å². The summed E-state index contributed by atoms with van der Waals surface area (Å²) >= 11 is 0.923. The normalized spacial score (nSPS) is 9.95. The Morgan fingerprint density at radius 1 is 1.42 bits per heavy atom. The van der Waals surface area contributed by atoms with E-state index in [0.29, 0.717) is 10.6 Å². The molecular formula is C11H9N3O4S. The van der Waals surface area contributed by atoms with E-state index in [4.69, 9.17) is 9.84 Å². The maximum Gasteiger partial charge on any atom is 0.337 e. The first kappa shape index (κ1) is 13.0. The van der Waals surface area contributed by atoms with Crippen LogP contribution in [0.4, 0.5) is 5.69 Å². The molecule has 0 bridgehead atoms. The van der Waals surface area contributed by atoms with Gasteiger partial charge in [0.2, 0.25) is 0 Å². The molecule has 0 atom stereocenters. The Kier molecular flexibility index (Phi) is 3.71. The fourth-order valence-electron chi connectivity index (χ4n) is 1.39. The lowest BCUT2D eigenvalue weighted by Crippen LogP contribution is -2.13. The number of rotatable bonds is 4. The van der Waals surface area contributed by atoms with Crippen LogP contribution in [0.5, 0.6) is 5.75 Å². The Morgan fingerprint density at radius 2 is 2.21 bits per heavy atom. The average molecular weight is 279 g/mol. The van der Waals surface area contributed by atoms with Crippen molar-refractivity contribution in [3.8, 4) is 5.75 Å². The zero-order valence-corrected chi connectivity index (χ0v) is 10.6. The van der Waals surface area contributed by atoms with Crippen molar-refractivity contribution < 1.29 is 19.4 Å². The molecule has 1 amide bonds. The highest BCUT2D eigenvalue weighted by molar-refractivity contribution is 7.07. The molecule has 0 aliphatic rings. The number of nitrogens with one attached hydrogen (secondary N) is 1. The van der Waals surface area contributed by atoms with Gasteiger partial charge in [-0.15, -0.1) is 5.10 Å². The number of carboxylic acids is 1. The average Bonchev–Trinajstić information content (AvgIpc) is 2.92. The van der Waals surface area contributed by atoms with Crippen molar-refractivity contribution in [1.82, 2.24) is 9.59 Å². The van der Waals surface area contributed by atoms with Gasteiger partial charge in [0.1, 0.15) is 10.6 Å². The second-order valence-electron chi connectivity index (χ2n) is 3.45. The van der Waals surface area contributed by atoms with Crippen molar-refractivity contribution in [3.63, 3.8) is 0 Å². The van der Waals surface area contributed by atoms with Crippen molar-refractivity contribution in [2.75, 3.05) is 12.4 Å². The van der Waals surface area contributed by atoms with Gasteiger partial charge in [0.25, 0.3) is 5.91 Å².